The zero-order valence-corrected chi connectivity index (χ0v) is 1.24. The van der Waals surface area contributed by atoms with Crippen LogP contribution in [0.3, 0.4) is 0 Å². The van der Waals surface area contributed by atoms with Crippen molar-refractivity contribution in [2.24, 2.45) is 0 Å². The average molecular weight is 156 g/mol. The summed E-state index contributed by atoms with van der Waals surface area (Å²) in [4.78, 5) is 0. The predicted molar refractivity (Wildman–Crippen MR) is 31.2 cm³/mol. The van der Waals surface area contributed by atoms with Gasteiger partial charge in [-0.05, 0) is 11.0 Å². The minimum absolute atomic E-state index is 0. The molecule has 0 rings (SSSR count). The van der Waals surface area contributed by atoms with Crippen molar-refractivity contribution in [2.45, 2.75) is 0 Å². The summed E-state index contributed by atoms with van der Waals surface area (Å²) in [6.45, 7) is 0. The van der Waals surface area contributed by atoms with Gasteiger partial charge in [-0.15, -0.1) is 0 Å². The van der Waals surface area contributed by atoms with E-state index in [9.17, 15) is 0 Å². The molecule has 31 valence electrons. The minimum Gasteiger partial charge on any atom is -0.0149 e. The van der Waals surface area contributed by atoms with E-state index in [4.69, 9.17) is 0 Å². The van der Waals surface area contributed by atoms with Crippen molar-refractivity contribution >= 4 is 45.7 Å². The number of rotatable bonds is 0. The van der Waals surface area contributed by atoms with Gasteiger partial charge in [-0.2, -0.15) is 0 Å². The molecule has 0 nitrogen and oxygen atoms in total. The molecule has 0 aromatic carbocycles. The van der Waals surface area contributed by atoms with Crippen LogP contribution in [0.1, 0.15) is 0 Å². The van der Waals surface area contributed by atoms with Gasteiger partial charge in [-0.25, -0.2) is 0 Å². The standard InChI is InChI=1S/2Al.Cu.H4Si.6H/h;;;1H4;;;;;;. The van der Waals surface area contributed by atoms with Crippen LogP contribution in [-0.2, 0) is 17.1 Å². The molecule has 0 atom stereocenters. The van der Waals surface area contributed by atoms with Crippen molar-refractivity contribution in [3.63, 3.8) is 0 Å². The molecule has 0 aliphatic rings. The van der Waals surface area contributed by atoms with E-state index >= 15 is 0 Å². The third kappa shape index (κ3) is 9.19. The van der Waals surface area contributed by atoms with Crippen LogP contribution in [0.15, 0.2) is 0 Å². The Kier molecular flexibility index (Phi) is 220. The monoisotopic (exact) mass is 155 g/mol. The molecule has 0 bridgehead atoms. The molecule has 1 radical (unpaired) electrons. The first-order valence-electron chi connectivity index (χ1n) is 0. The van der Waals surface area contributed by atoms with Crippen LogP contribution in [0.25, 0.3) is 0 Å². The number of hydrogen-bond donors (Lipinski definition) is 0. The van der Waals surface area contributed by atoms with E-state index in [1.807, 2.05) is 0 Å². The van der Waals surface area contributed by atoms with E-state index < -0.39 is 0 Å². The van der Waals surface area contributed by atoms with Crippen molar-refractivity contribution in [1.82, 2.24) is 0 Å². The third-order valence-corrected chi connectivity index (χ3v) is 0. The maximum absolute atomic E-state index is 0. The molecular formula is H10Al2CuSi. The van der Waals surface area contributed by atoms with Gasteiger partial charge < -0.3 is 0 Å². The maximum atomic E-state index is 0. The van der Waals surface area contributed by atoms with Gasteiger partial charge in [-0.1, -0.05) is 0 Å². The van der Waals surface area contributed by atoms with Gasteiger partial charge in [0, 0.05) is 17.1 Å². The van der Waals surface area contributed by atoms with Crippen LogP contribution in [-0.4, -0.2) is 45.7 Å². The summed E-state index contributed by atoms with van der Waals surface area (Å²) in [6, 6.07) is 0. The Morgan fingerprint density at radius 2 is 0.750 bits per heavy atom. The minimum atomic E-state index is 0. The molecule has 4 heavy (non-hydrogen) atoms. The van der Waals surface area contributed by atoms with E-state index in [1.165, 1.54) is 0 Å². The van der Waals surface area contributed by atoms with Crippen LogP contribution >= 0.6 is 0 Å². The fourth-order valence-corrected chi connectivity index (χ4v) is 0. The molecule has 0 fully saturated rings. The largest absolute Gasteiger partial charge is 0.187 e. The van der Waals surface area contributed by atoms with Gasteiger partial charge in [0.05, 0.1) is 0 Å². The topological polar surface area (TPSA) is 0 Å². The van der Waals surface area contributed by atoms with E-state index in [0.717, 1.165) is 0 Å². The third-order valence-electron chi connectivity index (χ3n) is 0. The van der Waals surface area contributed by atoms with Crippen molar-refractivity contribution in [3.8, 4) is 0 Å². The Morgan fingerprint density at radius 1 is 0.750 bits per heavy atom. The van der Waals surface area contributed by atoms with E-state index in [2.05, 4.69) is 0 Å². The summed E-state index contributed by atoms with van der Waals surface area (Å²) >= 11 is 0. The summed E-state index contributed by atoms with van der Waals surface area (Å²) in [6.07, 6.45) is 0. The molecule has 0 aliphatic carbocycles. The van der Waals surface area contributed by atoms with Crippen LogP contribution in [0.4, 0.5) is 0 Å². The van der Waals surface area contributed by atoms with Crippen LogP contribution in [0.5, 0.6) is 0 Å². The average Bonchev–Trinajstić information content (AvgIpc) is 0. The zero-order chi connectivity index (χ0) is 0. The molecular weight excluding hydrogens is 146 g/mol. The molecule has 0 spiro atoms. The van der Waals surface area contributed by atoms with Crippen LogP contribution in [0, 0.1) is 0 Å². The fourth-order valence-electron chi connectivity index (χ4n) is 0. The molecule has 0 saturated carbocycles. The van der Waals surface area contributed by atoms with Gasteiger partial charge in [0.2, 0.25) is 0 Å². The molecule has 0 unspecified atom stereocenters. The summed E-state index contributed by atoms with van der Waals surface area (Å²) < 4.78 is 0. The van der Waals surface area contributed by atoms with Gasteiger partial charge in [-0.3, -0.25) is 0 Å². The summed E-state index contributed by atoms with van der Waals surface area (Å²) in [5.74, 6) is 0. The predicted octanol–water partition coefficient (Wildman–Crippen LogP) is -3.82. The van der Waals surface area contributed by atoms with Gasteiger partial charge in [0.25, 0.3) is 0 Å². The smallest absolute Gasteiger partial charge is 0.0149 e. The molecule has 0 aromatic rings. The summed E-state index contributed by atoms with van der Waals surface area (Å²) in [5.41, 5.74) is 0. The molecule has 0 heterocycles. The molecule has 0 aliphatic heterocycles. The first-order chi connectivity index (χ1) is 0. The summed E-state index contributed by atoms with van der Waals surface area (Å²) in [5, 5.41) is 0. The Bertz CT molecular complexity index is 6.00. The molecule has 0 amide bonds. The van der Waals surface area contributed by atoms with Gasteiger partial charge >= 0.3 is 0 Å². The Hall–Kier alpha value is 1.80. The molecule has 0 aromatic heterocycles. The number of hydrogen-bond acceptors (Lipinski definition) is 0. The second kappa shape index (κ2) is 21.4. The van der Waals surface area contributed by atoms with Crippen molar-refractivity contribution in [3.05, 3.63) is 0 Å². The second-order valence-electron chi connectivity index (χ2n) is 0. The van der Waals surface area contributed by atoms with E-state index in [1.54, 1.807) is 0 Å². The van der Waals surface area contributed by atoms with Crippen molar-refractivity contribution < 1.29 is 17.1 Å². The second-order valence-corrected chi connectivity index (χ2v) is 0. The zero-order valence-electron chi connectivity index (χ0n) is 0.302. The normalized spacial score (nSPS) is 0. The van der Waals surface area contributed by atoms with Gasteiger partial charge in [0.1, 0.15) is 0 Å². The van der Waals surface area contributed by atoms with Gasteiger partial charge in [0.15, 0.2) is 34.7 Å². The Morgan fingerprint density at radius 3 is 0.750 bits per heavy atom. The first kappa shape index (κ1) is 41.2. The molecule has 4 heteroatoms. The summed E-state index contributed by atoms with van der Waals surface area (Å²) in [7, 11) is 0. The SMILES string of the molecule is [AlH3].[AlH3].[Cu].[SiH4]. The molecule has 0 saturated heterocycles. The van der Waals surface area contributed by atoms with Crippen molar-refractivity contribution in [1.29, 1.82) is 0 Å². The molecule has 0 N–H and O–H groups in total. The Labute approximate surface area is 62.5 Å². The van der Waals surface area contributed by atoms with Crippen LogP contribution in [0.2, 0.25) is 0 Å². The fraction of sp³-hybridized carbons (Fsp3) is 0. The van der Waals surface area contributed by atoms with Crippen LogP contribution < -0.4 is 0 Å². The van der Waals surface area contributed by atoms with E-state index in [-0.39, 0.29) is 62.8 Å². The van der Waals surface area contributed by atoms with Crippen molar-refractivity contribution in [2.75, 3.05) is 0 Å². The maximum Gasteiger partial charge on any atom is 0.187 e. The van der Waals surface area contributed by atoms with E-state index in [0.29, 0.717) is 0 Å². The quantitative estimate of drug-likeness (QED) is 0.315. The Balaban J connectivity index is 0. The first-order valence-corrected chi connectivity index (χ1v) is 0.